The summed E-state index contributed by atoms with van der Waals surface area (Å²) < 4.78 is 0. The summed E-state index contributed by atoms with van der Waals surface area (Å²) >= 11 is 1.92. The van der Waals surface area contributed by atoms with Crippen LogP contribution in [0.1, 0.15) is 19.3 Å². The Hall–Kier alpha value is -1.07. The summed E-state index contributed by atoms with van der Waals surface area (Å²) in [4.78, 5) is 18.1. The molecule has 1 aromatic rings. The van der Waals surface area contributed by atoms with E-state index in [2.05, 4.69) is 21.5 Å². The van der Waals surface area contributed by atoms with Crippen molar-refractivity contribution in [2.45, 2.75) is 30.6 Å². The second kappa shape index (κ2) is 6.91. The molecule has 0 aromatic carbocycles. The highest BCUT2D eigenvalue weighted by Gasteiger charge is 2.30. The van der Waals surface area contributed by atoms with Gasteiger partial charge >= 0.3 is 0 Å². The number of hydrogen-bond acceptors (Lipinski definition) is 4. The zero-order valence-corrected chi connectivity index (χ0v) is 12.3. The van der Waals surface area contributed by atoms with Crippen molar-refractivity contribution >= 4 is 23.4 Å². The molecule has 1 heterocycles. The lowest BCUT2D eigenvalue weighted by Gasteiger charge is -2.28. The molecule has 0 bridgehead atoms. The number of nitrogens with zero attached hydrogens (tertiary/aromatic N) is 2. The molecule has 1 amide bonds. The second-order valence-corrected chi connectivity index (χ2v) is 6.05. The maximum atomic E-state index is 12.0. The fourth-order valence-electron chi connectivity index (χ4n) is 2.67. The number of carbonyl (C=O) groups is 1. The topological polar surface area (TPSA) is 45.2 Å². The van der Waals surface area contributed by atoms with Gasteiger partial charge in [0, 0.05) is 29.4 Å². The molecular formula is C14H21N3OS. The summed E-state index contributed by atoms with van der Waals surface area (Å²) in [6.45, 7) is 0.448. The molecule has 2 atom stereocenters. The van der Waals surface area contributed by atoms with E-state index in [0.717, 1.165) is 5.69 Å². The summed E-state index contributed by atoms with van der Waals surface area (Å²) in [7, 11) is 2.05. The number of rotatable bonds is 5. The Kier molecular flexibility index (Phi) is 5.22. The summed E-state index contributed by atoms with van der Waals surface area (Å²) in [5, 5.41) is 3.57. The van der Waals surface area contributed by atoms with Crippen LogP contribution in [0.15, 0.2) is 24.5 Å². The highest BCUT2D eigenvalue weighted by atomic mass is 32.2. The van der Waals surface area contributed by atoms with Gasteiger partial charge in [-0.15, -0.1) is 0 Å². The molecule has 1 fully saturated rings. The third-order valence-electron chi connectivity index (χ3n) is 3.64. The quantitative estimate of drug-likeness (QED) is 0.898. The number of likely N-dealkylation sites (N-methyl/N-ethyl adjacent to an activating group) is 1. The Morgan fingerprint density at radius 1 is 1.47 bits per heavy atom. The van der Waals surface area contributed by atoms with Gasteiger partial charge in [0.05, 0.1) is 6.54 Å². The van der Waals surface area contributed by atoms with Gasteiger partial charge in [0.25, 0.3) is 0 Å². The molecule has 1 aromatic heterocycles. The van der Waals surface area contributed by atoms with Crippen molar-refractivity contribution in [3.63, 3.8) is 0 Å². The number of pyridine rings is 1. The van der Waals surface area contributed by atoms with Crippen LogP contribution in [-0.2, 0) is 4.79 Å². The first-order valence-electron chi connectivity index (χ1n) is 6.63. The van der Waals surface area contributed by atoms with Gasteiger partial charge in [-0.1, -0.05) is 6.42 Å². The minimum absolute atomic E-state index is 0.0421. The van der Waals surface area contributed by atoms with Crippen molar-refractivity contribution in [2.24, 2.45) is 0 Å². The summed E-state index contributed by atoms with van der Waals surface area (Å²) in [5.74, 6) is 0.0421. The van der Waals surface area contributed by atoms with Crippen LogP contribution in [0, 0.1) is 0 Å². The van der Waals surface area contributed by atoms with E-state index in [1.165, 1.54) is 19.3 Å². The van der Waals surface area contributed by atoms with Crippen LogP contribution in [0.3, 0.4) is 0 Å². The number of anilines is 1. The average molecular weight is 279 g/mol. The molecule has 1 N–H and O–H groups in total. The normalized spacial score (nSPS) is 22.7. The largest absolute Gasteiger partial charge is 0.325 e. The third kappa shape index (κ3) is 3.94. The molecule has 0 unspecified atom stereocenters. The maximum Gasteiger partial charge on any atom is 0.238 e. The van der Waals surface area contributed by atoms with Gasteiger partial charge in [0.15, 0.2) is 0 Å². The zero-order chi connectivity index (χ0) is 13.7. The molecule has 19 heavy (non-hydrogen) atoms. The number of thioether (sulfide) groups is 1. The van der Waals surface area contributed by atoms with Crippen molar-refractivity contribution < 1.29 is 4.79 Å². The minimum Gasteiger partial charge on any atom is -0.325 e. The average Bonchev–Trinajstić information content (AvgIpc) is 2.88. The molecule has 1 saturated carbocycles. The molecule has 0 aliphatic heterocycles. The molecule has 4 nitrogen and oxygen atoms in total. The lowest BCUT2D eigenvalue weighted by molar-refractivity contribution is -0.117. The van der Waals surface area contributed by atoms with Gasteiger partial charge in [-0.2, -0.15) is 11.8 Å². The Bertz CT molecular complexity index is 412. The SMILES string of the molecule is CS[C@H]1CCC[C@H]1N(C)CC(=O)Nc1ccncc1. The highest BCUT2D eigenvalue weighted by molar-refractivity contribution is 7.99. The molecule has 5 heteroatoms. The Morgan fingerprint density at radius 2 is 2.21 bits per heavy atom. The lowest BCUT2D eigenvalue weighted by atomic mass is 10.2. The highest BCUT2D eigenvalue weighted by Crippen LogP contribution is 2.31. The van der Waals surface area contributed by atoms with Gasteiger partial charge < -0.3 is 5.32 Å². The molecule has 0 spiro atoms. The van der Waals surface area contributed by atoms with Crippen LogP contribution in [-0.4, -0.2) is 46.9 Å². The molecule has 104 valence electrons. The first-order chi connectivity index (χ1) is 9.20. The fraction of sp³-hybridized carbons (Fsp3) is 0.571. The van der Waals surface area contributed by atoms with E-state index in [1.807, 2.05) is 18.8 Å². The van der Waals surface area contributed by atoms with Crippen LogP contribution in [0.4, 0.5) is 5.69 Å². The molecule has 0 saturated heterocycles. The molecular weight excluding hydrogens is 258 g/mol. The van der Waals surface area contributed by atoms with E-state index in [1.54, 1.807) is 24.5 Å². The van der Waals surface area contributed by atoms with Crippen LogP contribution < -0.4 is 5.32 Å². The molecule has 0 radical (unpaired) electrons. The van der Waals surface area contributed by atoms with Crippen LogP contribution >= 0.6 is 11.8 Å². The van der Waals surface area contributed by atoms with Crippen LogP contribution in [0.2, 0.25) is 0 Å². The van der Waals surface area contributed by atoms with E-state index >= 15 is 0 Å². The standard InChI is InChI=1S/C14H21N3OS/c1-17(12-4-3-5-13(12)19-2)10-14(18)16-11-6-8-15-9-7-11/h6-9,12-13H,3-5,10H2,1-2H3,(H,15,16,18)/t12-,13+/m1/s1. The van der Waals surface area contributed by atoms with E-state index in [4.69, 9.17) is 0 Å². The first kappa shape index (κ1) is 14.3. The Balaban J connectivity index is 1.85. The number of nitrogens with one attached hydrogen (secondary N) is 1. The number of amides is 1. The number of aromatic nitrogens is 1. The molecule has 1 aliphatic rings. The maximum absolute atomic E-state index is 12.0. The Labute approximate surface area is 119 Å². The third-order valence-corrected chi connectivity index (χ3v) is 4.80. The van der Waals surface area contributed by atoms with Crippen molar-refractivity contribution in [1.29, 1.82) is 0 Å². The van der Waals surface area contributed by atoms with Crippen LogP contribution in [0.25, 0.3) is 0 Å². The number of hydrogen-bond donors (Lipinski definition) is 1. The van der Waals surface area contributed by atoms with Crippen molar-refractivity contribution in [3.05, 3.63) is 24.5 Å². The summed E-state index contributed by atoms with van der Waals surface area (Å²) in [5.41, 5.74) is 0.807. The van der Waals surface area contributed by atoms with Gasteiger partial charge in [0.2, 0.25) is 5.91 Å². The van der Waals surface area contributed by atoms with Crippen molar-refractivity contribution in [2.75, 3.05) is 25.2 Å². The summed E-state index contributed by atoms with van der Waals surface area (Å²) in [6, 6.07) is 4.13. The Morgan fingerprint density at radius 3 is 2.89 bits per heavy atom. The van der Waals surface area contributed by atoms with E-state index < -0.39 is 0 Å². The van der Waals surface area contributed by atoms with E-state index in [0.29, 0.717) is 17.8 Å². The lowest BCUT2D eigenvalue weighted by Crippen LogP contribution is -2.41. The van der Waals surface area contributed by atoms with E-state index in [9.17, 15) is 4.79 Å². The van der Waals surface area contributed by atoms with Gasteiger partial charge in [-0.25, -0.2) is 0 Å². The van der Waals surface area contributed by atoms with Gasteiger partial charge in [-0.05, 0) is 38.3 Å². The number of carbonyl (C=O) groups excluding carboxylic acids is 1. The zero-order valence-electron chi connectivity index (χ0n) is 11.5. The molecule has 2 rings (SSSR count). The minimum atomic E-state index is 0.0421. The van der Waals surface area contributed by atoms with Crippen molar-refractivity contribution in [1.82, 2.24) is 9.88 Å². The fourth-order valence-corrected chi connectivity index (χ4v) is 3.73. The van der Waals surface area contributed by atoms with Gasteiger partial charge in [-0.3, -0.25) is 14.7 Å². The second-order valence-electron chi connectivity index (χ2n) is 4.97. The van der Waals surface area contributed by atoms with Crippen LogP contribution in [0.5, 0.6) is 0 Å². The predicted molar refractivity (Wildman–Crippen MR) is 80.4 cm³/mol. The monoisotopic (exact) mass is 279 g/mol. The predicted octanol–water partition coefficient (Wildman–Crippen LogP) is 2.24. The van der Waals surface area contributed by atoms with E-state index in [-0.39, 0.29) is 5.91 Å². The molecule has 1 aliphatic carbocycles. The summed E-state index contributed by atoms with van der Waals surface area (Å²) in [6.07, 6.45) is 9.26. The first-order valence-corrected chi connectivity index (χ1v) is 7.92. The van der Waals surface area contributed by atoms with Crippen molar-refractivity contribution in [3.8, 4) is 0 Å². The smallest absolute Gasteiger partial charge is 0.238 e. The van der Waals surface area contributed by atoms with Gasteiger partial charge in [0.1, 0.15) is 0 Å².